The van der Waals surface area contributed by atoms with Gasteiger partial charge in [0.1, 0.15) is 11.0 Å². The summed E-state index contributed by atoms with van der Waals surface area (Å²) < 4.78 is 55.8. The lowest BCUT2D eigenvalue weighted by molar-refractivity contribution is -0.191. The second-order valence-electron chi connectivity index (χ2n) is 6.61. The van der Waals surface area contributed by atoms with Crippen molar-refractivity contribution in [3.8, 4) is 0 Å². The molecule has 0 radical (unpaired) electrons. The first-order valence-electron chi connectivity index (χ1n) is 9.61. The van der Waals surface area contributed by atoms with Crippen LogP contribution in [0.25, 0.3) is 0 Å². The first kappa shape index (κ1) is 24.7. The summed E-state index contributed by atoms with van der Waals surface area (Å²) >= 11 is 5.68. The van der Waals surface area contributed by atoms with Crippen LogP contribution in [0.3, 0.4) is 0 Å². The lowest BCUT2D eigenvalue weighted by atomic mass is 9.47. The van der Waals surface area contributed by atoms with Gasteiger partial charge in [0, 0.05) is 5.92 Å². The third-order valence-corrected chi connectivity index (χ3v) is 5.35. The molecule has 31 heavy (non-hydrogen) atoms. The van der Waals surface area contributed by atoms with Crippen LogP contribution in [0.2, 0.25) is 0 Å². The van der Waals surface area contributed by atoms with Crippen molar-refractivity contribution in [1.82, 2.24) is 0 Å². The summed E-state index contributed by atoms with van der Waals surface area (Å²) in [7, 11) is 0. The molecule has 2 rings (SSSR count). The molecule has 0 N–H and O–H groups in total. The van der Waals surface area contributed by atoms with E-state index in [1.807, 2.05) is 0 Å². The van der Waals surface area contributed by atoms with E-state index in [1.54, 1.807) is 6.07 Å². The number of carbonyl (C=O) groups is 3. The molecule has 0 bridgehead atoms. The van der Waals surface area contributed by atoms with E-state index in [0.717, 1.165) is 0 Å². The molecule has 0 aromatic heterocycles. The smallest absolute Gasteiger partial charge is 0.426 e. The Balaban J connectivity index is 2.90. The predicted molar refractivity (Wildman–Crippen MR) is 104 cm³/mol. The number of ether oxygens (including phenoxy) is 3. The molecular weight excluding hydrogens is 441 g/mol. The largest absolute Gasteiger partial charge is 0.465 e. The van der Waals surface area contributed by atoms with Gasteiger partial charge in [0.25, 0.3) is 0 Å². The van der Waals surface area contributed by atoms with Gasteiger partial charge in [-0.05, 0) is 31.9 Å². The molecule has 6 nitrogen and oxygen atoms in total. The maximum absolute atomic E-state index is 13.6. The van der Waals surface area contributed by atoms with Crippen LogP contribution in [-0.2, 0) is 28.6 Å². The average molecular weight is 463 g/mol. The van der Waals surface area contributed by atoms with Gasteiger partial charge in [-0.2, -0.15) is 13.2 Å². The molecule has 1 aliphatic rings. The zero-order valence-electron chi connectivity index (χ0n) is 17.1. The molecule has 1 aromatic rings. The molecule has 2 atom stereocenters. The van der Waals surface area contributed by atoms with E-state index in [9.17, 15) is 27.6 Å². The van der Waals surface area contributed by atoms with Gasteiger partial charge in [0.2, 0.25) is 0 Å². The van der Waals surface area contributed by atoms with Crippen LogP contribution in [0, 0.1) is 11.3 Å². The predicted octanol–water partition coefficient (Wildman–Crippen LogP) is 4.13. The summed E-state index contributed by atoms with van der Waals surface area (Å²) in [5, 5.41) is -1.59. The highest BCUT2D eigenvalue weighted by molar-refractivity contribution is 6.31. The van der Waals surface area contributed by atoms with Gasteiger partial charge in [0.15, 0.2) is 5.41 Å². The fraction of sp³-hybridized carbons (Fsp3) is 0.476. The lowest BCUT2D eigenvalue weighted by Crippen LogP contribution is -2.64. The summed E-state index contributed by atoms with van der Waals surface area (Å²) in [6.07, 6.45) is -5.02. The van der Waals surface area contributed by atoms with Crippen molar-refractivity contribution >= 4 is 29.5 Å². The van der Waals surface area contributed by atoms with Gasteiger partial charge >= 0.3 is 24.1 Å². The molecular formula is C21H22ClF3O6. The molecule has 0 amide bonds. The summed E-state index contributed by atoms with van der Waals surface area (Å²) in [6, 6.07) is 7.51. The highest BCUT2D eigenvalue weighted by Crippen LogP contribution is 2.65. The van der Waals surface area contributed by atoms with E-state index < -0.39 is 51.9 Å². The van der Waals surface area contributed by atoms with Crippen molar-refractivity contribution in [3.05, 3.63) is 46.5 Å². The van der Waals surface area contributed by atoms with E-state index in [2.05, 4.69) is 0 Å². The Morgan fingerprint density at radius 2 is 1.42 bits per heavy atom. The van der Waals surface area contributed by atoms with E-state index in [-0.39, 0.29) is 25.4 Å². The minimum absolute atomic E-state index is 0.168. The third kappa shape index (κ3) is 4.28. The fourth-order valence-electron chi connectivity index (χ4n) is 3.83. The standard InChI is InChI=1S/C21H22ClF3O6/c1-4-29-17(26)15-13(16(22)21(23,24)25)14(12-10-8-7-9-11-12)20(15,18(27)30-5-2)19(28)31-6-3/h7-11,14-15H,4-6H2,1-3H3/b16-13+/t14-,15+/m1/s1. The van der Waals surface area contributed by atoms with Crippen LogP contribution in [0.4, 0.5) is 13.2 Å². The summed E-state index contributed by atoms with van der Waals surface area (Å²) in [6.45, 7) is 3.82. The SMILES string of the molecule is CCOC(=O)[C@@H]1/C(=C(/Cl)C(F)(F)F)[C@@H](c2ccccc2)C1(C(=O)OCC)C(=O)OCC. The lowest BCUT2D eigenvalue weighted by Gasteiger charge is -2.52. The molecule has 170 valence electrons. The fourth-order valence-corrected chi connectivity index (χ4v) is 4.05. The number of alkyl halides is 3. The zero-order chi connectivity index (χ0) is 23.4. The van der Waals surface area contributed by atoms with E-state index >= 15 is 0 Å². The van der Waals surface area contributed by atoms with Crippen molar-refractivity contribution in [2.75, 3.05) is 19.8 Å². The van der Waals surface area contributed by atoms with Gasteiger partial charge in [0.05, 0.1) is 19.8 Å². The Morgan fingerprint density at radius 1 is 0.935 bits per heavy atom. The molecule has 10 heteroatoms. The second-order valence-corrected chi connectivity index (χ2v) is 6.98. The Hall–Kier alpha value is -2.55. The maximum atomic E-state index is 13.6. The molecule has 0 spiro atoms. The molecule has 1 aromatic carbocycles. The second kappa shape index (κ2) is 9.72. The van der Waals surface area contributed by atoms with Crippen LogP contribution < -0.4 is 0 Å². The van der Waals surface area contributed by atoms with Crippen molar-refractivity contribution in [3.63, 3.8) is 0 Å². The average Bonchev–Trinajstić information content (AvgIpc) is 2.68. The first-order valence-corrected chi connectivity index (χ1v) is 9.99. The molecule has 0 aliphatic heterocycles. The van der Waals surface area contributed by atoms with Crippen LogP contribution in [0.1, 0.15) is 32.3 Å². The molecule has 0 unspecified atom stereocenters. The minimum Gasteiger partial charge on any atom is -0.465 e. The van der Waals surface area contributed by atoms with Gasteiger partial charge < -0.3 is 14.2 Å². The van der Waals surface area contributed by atoms with Gasteiger partial charge in [-0.15, -0.1) is 0 Å². The highest BCUT2D eigenvalue weighted by atomic mass is 35.5. The Labute approximate surface area is 182 Å². The topological polar surface area (TPSA) is 78.9 Å². The minimum atomic E-state index is -5.02. The van der Waals surface area contributed by atoms with Gasteiger partial charge in [-0.1, -0.05) is 41.9 Å². The summed E-state index contributed by atoms with van der Waals surface area (Å²) in [5.74, 6) is -7.06. The Morgan fingerprint density at radius 3 is 1.84 bits per heavy atom. The Kier molecular flexibility index (Phi) is 7.75. The van der Waals surface area contributed by atoms with E-state index in [1.165, 1.54) is 45.0 Å². The number of benzene rings is 1. The van der Waals surface area contributed by atoms with Crippen molar-refractivity contribution in [2.24, 2.45) is 11.3 Å². The number of hydrogen-bond donors (Lipinski definition) is 0. The van der Waals surface area contributed by atoms with Crippen molar-refractivity contribution in [1.29, 1.82) is 0 Å². The number of rotatable bonds is 7. The van der Waals surface area contributed by atoms with E-state index in [4.69, 9.17) is 25.8 Å². The number of hydrogen-bond acceptors (Lipinski definition) is 6. The number of carbonyl (C=O) groups excluding carboxylic acids is 3. The molecule has 1 saturated carbocycles. The van der Waals surface area contributed by atoms with Crippen LogP contribution in [0.5, 0.6) is 0 Å². The van der Waals surface area contributed by atoms with Crippen LogP contribution >= 0.6 is 11.6 Å². The van der Waals surface area contributed by atoms with Crippen LogP contribution in [-0.4, -0.2) is 43.9 Å². The van der Waals surface area contributed by atoms with Crippen molar-refractivity contribution in [2.45, 2.75) is 32.9 Å². The first-order chi connectivity index (χ1) is 14.6. The van der Waals surface area contributed by atoms with Gasteiger partial charge in [-0.3, -0.25) is 14.4 Å². The summed E-state index contributed by atoms with van der Waals surface area (Å²) in [4.78, 5) is 39.0. The molecule has 0 saturated heterocycles. The quantitative estimate of drug-likeness (QED) is 0.344. The highest BCUT2D eigenvalue weighted by Gasteiger charge is 2.75. The monoisotopic (exact) mass is 462 g/mol. The number of allylic oxidation sites excluding steroid dienone is 1. The zero-order valence-corrected chi connectivity index (χ0v) is 17.9. The maximum Gasteiger partial charge on any atom is 0.426 e. The Bertz CT molecular complexity index is 848. The van der Waals surface area contributed by atoms with Crippen LogP contribution in [0.15, 0.2) is 40.9 Å². The number of halogens is 4. The van der Waals surface area contributed by atoms with E-state index in [0.29, 0.717) is 0 Å². The normalized spacial score (nSPS) is 21.5. The number of esters is 3. The molecule has 0 heterocycles. The molecule has 1 aliphatic carbocycles. The van der Waals surface area contributed by atoms with Crippen molar-refractivity contribution < 1.29 is 41.8 Å². The summed E-state index contributed by atoms with van der Waals surface area (Å²) in [5.41, 5.74) is -2.89. The van der Waals surface area contributed by atoms with Gasteiger partial charge in [-0.25, -0.2) is 0 Å². The third-order valence-electron chi connectivity index (χ3n) is 4.92. The molecule has 1 fully saturated rings.